The predicted molar refractivity (Wildman–Crippen MR) is 164 cm³/mol. The first-order chi connectivity index (χ1) is 21.4. The van der Waals surface area contributed by atoms with Crippen LogP contribution < -0.4 is 24.4 Å². The minimum absolute atomic E-state index is 0.0400. The van der Waals surface area contributed by atoms with Gasteiger partial charge in [-0.05, 0) is 66.1 Å². The highest BCUT2D eigenvalue weighted by Crippen LogP contribution is 2.35. The Labute approximate surface area is 254 Å². The van der Waals surface area contributed by atoms with E-state index >= 15 is 0 Å². The van der Waals surface area contributed by atoms with Crippen LogP contribution in [0, 0.1) is 5.82 Å². The number of amides is 4. The molecule has 222 valence electrons. The number of carbonyl (C=O) groups is 3. The zero-order valence-electron chi connectivity index (χ0n) is 23.9. The molecule has 1 aliphatic heterocycles. The lowest BCUT2D eigenvalue weighted by Gasteiger charge is -2.26. The monoisotopic (exact) mass is 592 g/mol. The van der Waals surface area contributed by atoms with Gasteiger partial charge in [0.2, 0.25) is 0 Å². The number of ether oxygens (including phenoxy) is 3. The minimum Gasteiger partial charge on any atom is -0.493 e. The second-order valence-corrected chi connectivity index (χ2v) is 9.81. The van der Waals surface area contributed by atoms with E-state index in [0.717, 1.165) is 10.5 Å². The van der Waals surface area contributed by atoms with Gasteiger partial charge in [-0.1, -0.05) is 54.6 Å². The summed E-state index contributed by atoms with van der Waals surface area (Å²) in [6.45, 7) is 4.11. The molecule has 0 aliphatic carbocycles. The number of urea groups is 1. The number of benzene rings is 4. The van der Waals surface area contributed by atoms with Crippen LogP contribution in [0.4, 0.5) is 14.9 Å². The SMILES string of the molecule is C=CCc1cc(/C=C2\C(=O)NC(=O)N(c3ccc(OCc4ccccc4)cc3)C2=O)cc(OC)c1OCc1ccccc1F. The summed E-state index contributed by atoms with van der Waals surface area (Å²) < 4.78 is 31.5. The average Bonchev–Trinajstić information content (AvgIpc) is 3.03. The molecule has 4 aromatic rings. The third-order valence-electron chi connectivity index (χ3n) is 6.82. The summed E-state index contributed by atoms with van der Waals surface area (Å²) >= 11 is 0. The van der Waals surface area contributed by atoms with Crippen molar-refractivity contribution in [3.63, 3.8) is 0 Å². The van der Waals surface area contributed by atoms with Gasteiger partial charge >= 0.3 is 6.03 Å². The van der Waals surface area contributed by atoms with Gasteiger partial charge in [0.1, 0.15) is 30.4 Å². The van der Waals surface area contributed by atoms with Crippen molar-refractivity contribution in [2.75, 3.05) is 12.0 Å². The molecular formula is C35H29FN2O6. The van der Waals surface area contributed by atoms with Gasteiger partial charge in [-0.2, -0.15) is 0 Å². The zero-order chi connectivity index (χ0) is 31.1. The molecule has 1 saturated heterocycles. The topological polar surface area (TPSA) is 94.2 Å². The number of nitrogens with zero attached hydrogens (tertiary/aromatic N) is 1. The lowest BCUT2D eigenvalue weighted by Crippen LogP contribution is -2.54. The van der Waals surface area contributed by atoms with Gasteiger partial charge in [-0.3, -0.25) is 14.9 Å². The Bertz CT molecular complexity index is 1730. The van der Waals surface area contributed by atoms with Crippen molar-refractivity contribution in [2.45, 2.75) is 19.6 Å². The lowest BCUT2D eigenvalue weighted by molar-refractivity contribution is -0.122. The summed E-state index contributed by atoms with van der Waals surface area (Å²) in [6.07, 6.45) is 3.40. The fourth-order valence-corrected chi connectivity index (χ4v) is 4.65. The van der Waals surface area contributed by atoms with E-state index in [2.05, 4.69) is 11.9 Å². The van der Waals surface area contributed by atoms with Crippen LogP contribution in [0.3, 0.4) is 0 Å². The summed E-state index contributed by atoms with van der Waals surface area (Å²) in [7, 11) is 1.45. The van der Waals surface area contributed by atoms with Crippen LogP contribution in [0.15, 0.2) is 109 Å². The largest absolute Gasteiger partial charge is 0.493 e. The van der Waals surface area contributed by atoms with E-state index in [-0.39, 0.29) is 17.9 Å². The summed E-state index contributed by atoms with van der Waals surface area (Å²) in [5.74, 6) is -0.773. The molecular weight excluding hydrogens is 563 g/mol. The van der Waals surface area contributed by atoms with Crippen molar-refractivity contribution in [1.29, 1.82) is 0 Å². The molecule has 0 atom stereocenters. The van der Waals surface area contributed by atoms with Crippen molar-refractivity contribution in [2.24, 2.45) is 0 Å². The smallest absolute Gasteiger partial charge is 0.335 e. The number of nitrogens with one attached hydrogen (secondary N) is 1. The first-order valence-corrected chi connectivity index (χ1v) is 13.7. The molecule has 0 radical (unpaired) electrons. The number of methoxy groups -OCH3 is 1. The van der Waals surface area contributed by atoms with E-state index in [1.54, 1.807) is 60.7 Å². The Kier molecular flexibility index (Phi) is 9.15. The molecule has 1 fully saturated rings. The number of rotatable bonds is 11. The molecule has 1 aliphatic rings. The molecule has 0 spiro atoms. The maximum absolute atomic E-state index is 14.2. The fraction of sp³-hybridized carbons (Fsp3) is 0.114. The number of anilines is 1. The van der Waals surface area contributed by atoms with Crippen LogP contribution in [0.2, 0.25) is 0 Å². The van der Waals surface area contributed by atoms with Crippen LogP contribution >= 0.6 is 0 Å². The third-order valence-corrected chi connectivity index (χ3v) is 6.82. The summed E-state index contributed by atoms with van der Waals surface area (Å²) in [6, 6.07) is 24.8. The summed E-state index contributed by atoms with van der Waals surface area (Å²) in [5.41, 5.74) is 2.48. The van der Waals surface area contributed by atoms with E-state index in [1.807, 2.05) is 30.3 Å². The minimum atomic E-state index is -0.864. The number of barbiturate groups is 1. The quantitative estimate of drug-likeness (QED) is 0.123. The van der Waals surface area contributed by atoms with Gasteiger partial charge in [0.15, 0.2) is 11.5 Å². The number of hydrogen-bond acceptors (Lipinski definition) is 6. The highest BCUT2D eigenvalue weighted by molar-refractivity contribution is 6.39. The summed E-state index contributed by atoms with van der Waals surface area (Å²) in [4.78, 5) is 40.0. The Balaban J connectivity index is 1.39. The Hall–Kier alpha value is -5.70. The fourth-order valence-electron chi connectivity index (χ4n) is 4.65. The molecule has 0 aromatic heterocycles. The van der Waals surface area contributed by atoms with Crippen LogP contribution in [-0.4, -0.2) is 25.0 Å². The number of halogens is 1. The van der Waals surface area contributed by atoms with Gasteiger partial charge < -0.3 is 14.2 Å². The predicted octanol–water partition coefficient (Wildman–Crippen LogP) is 6.39. The molecule has 0 saturated carbocycles. The number of imide groups is 2. The summed E-state index contributed by atoms with van der Waals surface area (Å²) in [5, 5.41) is 2.23. The van der Waals surface area contributed by atoms with Crippen LogP contribution in [-0.2, 0) is 29.2 Å². The lowest BCUT2D eigenvalue weighted by atomic mass is 10.0. The van der Waals surface area contributed by atoms with Crippen molar-refractivity contribution in [3.05, 3.63) is 137 Å². The van der Waals surface area contributed by atoms with Crippen molar-refractivity contribution >= 4 is 29.6 Å². The first kappa shape index (κ1) is 29.8. The molecule has 4 amide bonds. The maximum Gasteiger partial charge on any atom is 0.335 e. The second-order valence-electron chi connectivity index (χ2n) is 9.81. The van der Waals surface area contributed by atoms with E-state index < -0.39 is 23.7 Å². The van der Waals surface area contributed by atoms with Gasteiger partial charge in [0.05, 0.1) is 12.8 Å². The average molecular weight is 593 g/mol. The van der Waals surface area contributed by atoms with Gasteiger partial charge in [0, 0.05) is 11.1 Å². The van der Waals surface area contributed by atoms with E-state index in [4.69, 9.17) is 14.2 Å². The second kappa shape index (κ2) is 13.5. The molecule has 4 aromatic carbocycles. The van der Waals surface area contributed by atoms with Crippen molar-refractivity contribution in [1.82, 2.24) is 5.32 Å². The van der Waals surface area contributed by atoms with E-state index in [1.165, 1.54) is 19.3 Å². The van der Waals surface area contributed by atoms with Crippen LogP contribution in [0.5, 0.6) is 17.2 Å². The van der Waals surface area contributed by atoms with Crippen molar-refractivity contribution in [3.8, 4) is 17.2 Å². The normalized spacial score (nSPS) is 13.9. The molecule has 5 rings (SSSR count). The Morgan fingerprint density at radius 1 is 0.864 bits per heavy atom. The maximum atomic E-state index is 14.2. The molecule has 1 N–H and O–H groups in total. The first-order valence-electron chi connectivity index (χ1n) is 13.7. The highest BCUT2D eigenvalue weighted by atomic mass is 19.1. The number of allylic oxidation sites excluding steroid dienone is 1. The number of hydrogen-bond donors (Lipinski definition) is 1. The van der Waals surface area contributed by atoms with E-state index in [0.29, 0.717) is 47.0 Å². The molecule has 0 unspecified atom stereocenters. The van der Waals surface area contributed by atoms with Crippen molar-refractivity contribution < 1.29 is 33.0 Å². The molecule has 8 nitrogen and oxygen atoms in total. The molecule has 44 heavy (non-hydrogen) atoms. The van der Waals surface area contributed by atoms with Gasteiger partial charge in [-0.25, -0.2) is 14.1 Å². The third kappa shape index (κ3) is 6.68. The molecule has 9 heteroatoms. The Morgan fingerprint density at radius 3 is 2.30 bits per heavy atom. The highest BCUT2D eigenvalue weighted by Gasteiger charge is 2.37. The van der Waals surface area contributed by atoms with Crippen LogP contribution in [0.25, 0.3) is 6.08 Å². The van der Waals surface area contributed by atoms with Gasteiger partial charge in [-0.15, -0.1) is 6.58 Å². The Morgan fingerprint density at radius 2 is 1.59 bits per heavy atom. The van der Waals surface area contributed by atoms with E-state index in [9.17, 15) is 18.8 Å². The number of carbonyl (C=O) groups excluding carboxylic acids is 3. The standard InChI is InChI=1S/C35H29FN2O6/c1-3-9-25-18-24(20-31(42-2)32(25)44-22-26-12-7-8-13-30(26)36)19-29-33(39)37-35(41)38(34(29)40)27-14-16-28(17-15-27)43-21-23-10-5-4-6-11-23/h3-8,10-20H,1,9,21-22H2,2H3,(H,37,39,41)/b29-19+. The van der Waals surface area contributed by atoms with Gasteiger partial charge in [0.25, 0.3) is 11.8 Å². The zero-order valence-corrected chi connectivity index (χ0v) is 23.9. The van der Waals surface area contributed by atoms with Crippen LogP contribution in [0.1, 0.15) is 22.3 Å². The molecule has 0 bridgehead atoms. The molecule has 1 heterocycles.